The zero-order chi connectivity index (χ0) is 20.9. The van der Waals surface area contributed by atoms with Crippen molar-refractivity contribution < 1.29 is 17.9 Å². The summed E-state index contributed by atoms with van der Waals surface area (Å²) in [5, 5.41) is 0.439. The molecule has 0 aliphatic carbocycles. The summed E-state index contributed by atoms with van der Waals surface area (Å²) >= 11 is 6.25. The lowest BCUT2D eigenvalue weighted by molar-refractivity contribution is -0.0932. The van der Waals surface area contributed by atoms with Crippen molar-refractivity contribution in [3.05, 3.63) is 74.9 Å². The van der Waals surface area contributed by atoms with Crippen LogP contribution in [0.5, 0.6) is 0 Å². The lowest BCUT2D eigenvalue weighted by Gasteiger charge is -2.33. The first-order chi connectivity index (χ1) is 13.7. The average Bonchev–Trinajstić information content (AvgIpc) is 2.79. The van der Waals surface area contributed by atoms with Crippen LogP contribution < -0.4 is 4.90 Å². The van der Waals surface area contributed by atoms with Gasteiger partial charge in [-0.3, -0.25) is 9.89 Å². The van der Waals surface area contributed by atoms with Crippen molar-refractivity contribution >= 4 is 23.1 Å². The number of nitrogens with zero attached hydrogens (tertiary/aromatic N) is 2. The van der Waals surface area contributed by atoms with Gasteiger partial charge in [0.2, 0.25) is 0 Å². The minimum atomic E-state index is -4.51. The summed E-state index contributed by atoms with van der Waals surface area (Å²) in [6.07, 6.45) is -5.06. The standard InChI is InChI=1S/C22H20ClF3N2O/c1-12-5-4-6-16(14(12)3)20-17-9-15(23)7-8-18(17)28-19(11-29-20)27-10-13(2)21(28)22(24,25)26/h4-9,20H,10-11H2,1-3H3/t20-/m1/s1. The maximum absolute atomic E-state index is 14.0. The molecule has 2 heterocycles. The molecule has 2 aliphatic rings. The summed E-state index contributed by atoms with van der Waals surface area (Å²) in [4.78, 5) is 5.56. The Morgan fingerprint density at radius 1 is 1.10 bits per heavy atom. The van der Waals surface area contributed by atoms with Crippen molar-refractivity contribution in [2.45, 2.75) is 33.1 Å². The Kier molecular flexibility index (Phi) is 4.95. The molecule has 2 aromatic carbocycles. The number of benzene rings is 2. The van der Waals surface area contributed by atoms with E-state index < -0.39 is 18.0 Å². The summed E-state index contributed by atoms with van der Waals surface area (Å²) in [7, 11) is 0. The molecule has 1 atom stereocenters. The molecule has 29 heavy (non-hydrogen) atoms. The van der Waals surface area contributed by atoms with Gasteiger partial charge in [0.05, 0.1) is 12.2 Å². The third kappa shape index (κ3) is 3.45. The van der Waals surface area contributed by atoms with Crippen LogP contribution in [-0.2, 0) is 4.74 Å². The van der Waals surface area contributed by atoms with E-state index in [9.17, 15) is 13.2 Å². The van der Waals surface area contributed by atoms with Crippen molar-refractivity contribution in [1.29, 1.82) is 0 Å². The van der Waals surface area contributed by atoms with Crippen LogP contribution in [0.1, 0.15) is 35.3 Å². The van der Waals surface area contributed by atoms with Crippen molar-refractivity contribution in [1.82, 2.24) is 0 Å². The first kappa shape index (κ1) is 20.0. The van der Waals surface area contributed by atoms with Crippen molar-refractivity contribution in [2.75, 3.05) is 18.1 Å². The molecule has 0 spiro atoms. The smallest absolute Gasteiger partial charge is 0.361 e. The summed E-state index contributed by atoms with van der Waals surface area (Å²) < 4.78 is 48.1. The number of halogens is 4. The van der Waals surface area contributed by atoms with Crippen molar-refractivity contribution in [2.24, 2.45) is 4.99 Å². The van der Waals surface area contributed by atoms with Gasteiger partial charge in [-0.2, -0.15) is 13.2 Å². The number of hydrogen-bond donors (Lipinski definition) is 0. The van der Waals surface area contributed by atoms with Gasteiger partial charge in [0.25, 0.3) is 0 Å². The Morgan fingerprint density at radius 3 is 2.59 bits per heavy atom. The van der Waals surface area contributed by atoms with E-state index in [1.54, 1.807) is 18.2 Å². The van der Waals surface area contributed by atoms with Gasteiger partial charge >= 0.3 is 6.18 Å². The molecule has 0 saturated heterocycles. The summed E-state index contributed by atoms with van der Waals surface area (Å²) in [6, 6.07) is 10.8. The highest BCUT2D eigenvalue weighted by atomic mass is 35.5. The highest BCUT2D eigenvalue weighted by molar-refractivity contribution is 6.30. The fourth-order valence-corrected chi connectivity index (χ4v) is 4.10. The molecule has 0 bridgehead atoms. The molecule has 0 radical (unpaired) electrons. The van der Waals surface area contributed by atoms with Gasteiger partial charge in [0.1, 0.15) is 24.2 Å². The largest absolute Gasteiger partial charge is 0.431 e. The lowest BCUT2D eigenvalue weighted by atomic mass is 9.93. The number of alkyl halides is 3. The van der Waals surface area contributed by atoms with Crippen LogP contribution in [0.25, 0.3) is 0 Å². The highest BCUT2D eigenvalue weighted by Crippen LogP contribution is 2.44. The fourth-order valence-electron chi connectivity index (χ4n) is 3.92. The average molecular weight is 421 g/mol. The van der Waals surface area contributed by atoms with Crippen LogP contribution in [0.3, 0.4) is 0 Å². The van der Waals surface area contributed by atoms with Crippen LogP contribution >= 0.6 is 11.6 Å². The molecular weight excluding hydrogens is 401 g/mol. The number of aryl methyl sites for hydroxylation is 1. The Hall–Kier alpha value is -2.31. The second kappa shape index (κ2) is 7.18. The summed E-state index contributed by atoms with van der Waals surface area (Å²) in [6.45, 7) is 5.42. The van der Waals surface area contributed by atoms with E-state index in [1.807, 2.05) is 32.0 Å². The van der Waals surface area contributed by atoms with E-state index in [1.165, 1.54) is 11.8 Å². The molecule has 0 aromatic heterocycles. The van der Waals surface area contributed by atoms with Gasteiger partial charge in [0.15, 0.2) is 0 Å². The van der Waals surface area contributed by atoms with E-state index in [2.05, 4.69) is 4.99 Å². The van der Waals surface area contributed by atoms with Crippen molar-refractivity contribution in [3.63, 3.8) is 0 Å². The van der Waals surface area contributed by atoms with E-state index in [-0.39, 0.29) is 24.6 Å². The SMILES string of the molecule is CC1=C(C(F)(F)F)N2C(=NC1)CO[C@H](c1cccc(C)c1C)c1cc(Cl)ccc12. The molecule has 2 aromatic rings. The quantitative estimate of drug-likeness (QED) is 0.554. The Morgan fingerprint density at radius 2 is 1.86 bits per heavy atom. The Labute approximate surface area is 172 Å². The number of hydrogen-bond acceptors (Lipinski definition) is 3. The number of fused-ring (bicyclic) bond motifs is 3. The molecule has 0 fully saturated rings. The number of ether oxygens (including phenoxy) is 1. The van der Waals surface area contributed by atoms with Crippen LogP contribution in [0, 0.1) is 13.8 Å². The molecular formula is C22H20ClF3N2O. The zero-order valence-corrected chi connectivity index (χ0v) is 17.0. The predicted octanol–water partition coefficient (Wildman–Crippen LogP) is 6.13. The van der Waals surface area contributed by atoms with E-state index in [0.29, 0.717) is 16.3 Å². The maximum atomic E-state index is 14.0. The summed E-state index contributed by atoms with van der Waals surface area (Å²) in [5.41, 5.74) is 3.48. The number of aliphatic imine (C=N–C) groups is 1. The number of rotatable bonds is 1. The second-order valence-corrected chi connectivity index (χ2v) is 7.81. The molecule has 7 heteroatoms. The minimum absolute atomic E-state index is 0.00109. The van der Waals surface area contributed by atoms with E-state index in [0.717, 1.165) is 16.7 Å². The third-order valence-corrected chi connectivity index (χ3v) is 5.71. The van der Waals surface area contributed by atoms with Crippen molar-refractivity contribution in [3.8, 4) is 0 Å². The van der Waals surface area contributed by atoms with E-state index in [4.69, 9.17) is 16.3 Å². The van der Waals surface area contributed by atoms with E-state index >= 15 is 0 Å². The first-order valence-corrected chi connectivity index (χ1v) is 9.64. The molecule has 0 amide bonds. The first-order valence-electron chi connectivity index (χ1n) is 9.26. The Balaban J connectivity index is 1.96. The number of amidine groups is 1. The molecule has 0 saturated carbocycles. The van der Waals surface area contributed by atoms with Gasteiger partial charge < -0.3 is 4.74 Å². The molecule has 3 nitrogen and oxygen atoms in total. The fraction of sp³-hybridized carbons (Fsp3) is 0.318. The third-order valence-electron chi connectivity index (χ3n) is 5.47. The monoisotopic (exact) mass is 420 g/mol. The number of allylic oxidation sites excluding steroid dienone is 1. The van der Waals surface area contributed by atoms with Crippen LogP contribution in [-0.4, -0.2) is 25.2 Å². The topological polar surface area (TPSA) is 24.8 Å². The van der Waals surface area contributed by atoms with Gasteiger partial charge in [-0.25, -0.2) is 0 Å². The van der Waals surface area contributed by atoms with Crippen LogP contribution in [0.2, 0.25) is 5.02 Å². The van der Waals surface area contributed by atoms with Crippen LogP contribution in [0.15, 0.2) is 52.7 Å². The van der Waals surface area contributed by atoms with Gasteiger partial charge in [0, 0.05) is 10.6 Å². The van der Waals surface area contributed by atoms with Gasteiger partial charge in [-0.05, 0) is 61.2 Å². The number of anilines is 1. The minimum Gasteiger partial charge on any atom is -0.361 e. The molecule has 4 rings (SSSR count). The molecule has 0 unspecified atom stereocenters. The zero-order valence-electron chi connectivity index (χ0n) is 16.3. The maximum Gasteiger partial charge on any atom is 0.431 e. The molecule has 152 valence electrons. The van der Waals surface area contributed by atoms with Gasteiger partial charge in [-0.1, -0.05) is 29.8 Å². The second-order valence-electron chi connectivity index (χ2n) is 7.38. The Bertz CT molecular complexity index is 1040. The molecule has 0 N–H and O–H groups in total. The highest BCUT2D eigenvalue weighted by Gasteiger charge is 2.45. The molecule has 2 aliphatic heterocycles. The van der Waals surface area contributed by atoms with Crippen LogP contribution in [0.4, 0.5) is 18.9 Å². The predicted molar refractivity (Wildman–Crippen MR) is 109 cm³/mol. The normalized spacial score (nSPS) is 19.5. The lowest BCUT2D eigenvalue weighted by Crippen LogP contribution is -2.42. The van der Waals surface area contributed by atoms with Gasteiger partial charge in [-0.15, -0.1) is 0 Å². The summed E-state index contributed by atoms with van der Waals surface area (Å²) in [5.74, 6) is 0.249.